The fraction of sp³-hybridized carbons (Fsp3) is 0.562. The van der Waals surface area contributed by atoms with Gasteiger partial charge in [0.25, 0.3) is 0 Å². The van der Waals surface area contributed by atoms with Gasteiger partial charge >= 0.3 is 0 Å². The highest BCUT2D eigenvalue weighted by Gasteiger charge is 2.23. The molecule has 1 heterocycles. The number of aromatic nitrogens is 2. The van der Waals surface area contributed by atoms with E-state index < -0.39 is 0 Å². The second kappa shape index (κ2) is 5.33. The summed E-state index contributed by atoms with van der Waals surface area (Å²) in [5.74, 6) is 1.97. The summed E-state index contributed by atoms with van der Waals surface area (Å²) in [6, 6.07) is 9.08. The van der Waals surface area contributed by atoms with Crippen molar-refractivity contribution in [1.29, 1.82) is 0 Å². The van der Waals surface area contributed by atoms with Gasteiger partial charge < -0.3 is 9.88 Å². The first-order chi connectivity index (χ1) is 9.29. The molecule has 0 spiro atoms. The largest absolute Gasteiger partial charge is 0.327 e. The average molecular weight is 257 g/mol. The Labute approximate surface area is 115 Å². The van der Waals surface area contributed by atoms with Gasteiger partial charge in [0, 0.05) is 12.6 Å². The molecule has 102 valence electrons. The molecule has 2 unspecified atom stereocenters. The number of hydrogen-bond donors (Lipinski definition) is 1. The molecule has 2 aromatic rings. The van der Waals surface area contributed by atoms with Crippen molar-refractivity contribution in [3.05, 3.63) is 30.1 Å². The molecule has 3 heteroatoms. The number of imidazole rings is 1. The van der Waals surface area contributed by atoms with E-state index in [0.717, 1.165) is 24.5 Å². The lowest BCUT2D eigenvalue weighted by molar-refractivity contribution is 0.417. The van der Waals surface area contributed by atoms with Crippen LogP contribution in [-0.2, 0) is 13.1 Å². The van der Waals surface area contributed by atoms with Crippen molar-refractivity contribution in [1.82, 2.24) is 14.9 Å². The molecule has 1 aliphatic carbocycles. The fourth-order valence-corrected chi connectivity index (χ4v) is 3.28. The normalized spacial score (nSPS) is 23.3. The maximum absolute atomic E-state index is 4.77. The van der Waals surface area contributed by atoms with Gasteiger partial charge in [0.15, 0.2) is 0 Å². The van der Waals surface area contributed by atoms with E-state index in [1.807, 2.05) is 0 Å². The number of para-hydroxylation sites is 2. The van der Waals surface area contributed by atoms with Gasteiger partial charge in [-0.05, 0) is 37.8 Å². The van der Waals surface area contributed by atoms with E-state index >= 15 is 0 Å². The number of hydrogen-bond acceptors (Lipinski definition) is 2. The third-order valence-electron chi connectivity index (χ3n) is 4.43. The van der Waals surface area contributed by atoms with Crippen molar-refractivity contribution in [2.24, 2.45) is 5.92 Å². The van der Waals surface area contributed by atoms with Gasteiger partial charge in [-0.25, -0.2) is 4.98 Å². The van der Waals surface area contributed by atoms with E-state index in [4.69, 9.17) is 4.98 Å². The van der Waals surface area contributed by atoms with Gasteiger partial charge in [0.05, 0.1) is 17.6 Å². The highest BCUT2D eigenvalue weighted by Crippen LogP contribution is 2.25. The van der Waals surface area contributed by atoms with Gasteiger partial charge in [0.2, 0.25) is 0 Å². The van der Waals surface area contributed by atoms with Gasteiger partial charge in [-0.2, -0.15) is 0 Å². The number of benzene rings is 1. The zero-order valence-corrected chi connectivity index (χ0v) is 11.9. The Kier molecular flexibility index (Phi) is 3.56. The molecule has 1 aliphatic rings. The molecule has 0 bridgehead atoms. The quantitative estimate of drug-likeness (QED) is 0.910. The lowest BCUT2D eigenvalue weighted by atomic mass is 10.1. The lowest BCUT2D eigenvalue weighted by Gasteiger charge is -2.17. The first-order valence-corrected chi connectivity index (χ1v) is 7.47. The highest BCUT2D eigenvalue weighted by atomic mass is 15.1. The number of nitrogens with one attached hydrogen (secondary N) is 1. The van der Waals surface area contributed by atoms with Crippen LogP contribution in [0.3, 0.4) is 0 Å². The molecule has 2 atom stereocenters. The molecule has 3 nitrogen and oxygen atoms in total. The van der Waals surface area contributed by atoms with E-state index in [1.54, 1.807) is 0 Å². The minimum atomic E-state index is 0.671. The predicted molar refractivity (Wildman–Crippen MR) is 79.0 cm³/mol. The summed E-state index contributed by atoms with van der Waals surface area (Å²) in [6.45, 7) is 6.42. The molecular formula is C16H23N3. The summed E-state index contributed by atoms with van der Waals surface area (Å²) in [5.41, 5.74) is 2.36. The van der Waals surface area contributed by atoms with Crippen molar-refractivity contribution < 1.29 is 0 Å². The SMILES string of the molecule is CCn1c(CNC2CCCC2C)nc2ccccc21. The van der Waals surface area contributed by atoms with Crippen LogP contribution in [0, 0.1) is 5.92 Å². The number of rotatable bonds is 4. The van der Waals surface area contributed by atoms with Gasteiger partial charge in [-0.15, -0.1) is 0 Å². The molecule has 0 radical (unpaired) electrons. The molecule has 3 rings (SSSR count). The Hall–Kier alpha value is -1.35. The van der Waals surface area contributed by atoms with Crippen LogP contribution in [0.4, 0.5) is 0 Å². The Balaban J connectivity index is 1.80. The molecule has 0 aliphatic heterocycles. The molecule has 0 saturated heterocycles. The van der Waals surface area contributed by atoms with Crippen molar-refractivity contribution in [3.8, 4) is 0 Å². The zero-order valence-electron chi connectivity index (χ0n) is 11.9. The van der Waals surface area contributed by atoms with Gasteiger partial charge in [-0.3, -0.25) is 0 Å². The van der Waals surface area contributed by atoms with E-state index in [2.05, 4.69) is 48.0 Å². The standard InChI is InChI=1S/C16H23N3/c1-3-19-15-10-5-4-8-14(15)18-16(19)11-17-13-9-6-7-12(13)2/h4-5,8,10,12-13,17H,3,6-7,9,11H2,1-2H3. The summed E-state index contributed by atoms with van der Waals surface area (Å²) in [4.78, 5) is 4.77. The van der Waals surface area contributed by atoms with E-state index in [-0.39, 0.29) is 0 Å². The summed E-state index contributed by atoms with van der Waals surface area (Å²) in [7, 11) is 0. The van der Waals surface area contributed by atoms with Crippen LogP contribution in [0.5, 0.6) is 0 Å². The zero-order chi connectivity index (χ0) is 13.2. The molecule has 0 amide bonds. The maximum atomic E-state index is 4.77. The Bertz CT molecular complexity index is 558. The van der Waals surface area contributed by atoms with Crippen molar-refractivity contribution >= 4 is 11.0 Å². The third-order valence-corrected chi connectivity index (χ3v) is 4.43. The minimum absolute atomic E-state index is 0.671. The maximum Gasteiger partial charge on any atom is 0.123 e. The average Bonchev–Trinajstić information content (AvgIpc) is 2.99. The van der Waals surface area contributed by atoms with Gasteiger partial charge in [0.1, 0.15) is 5.82 Å². The van der Waals surface area contributed by atoms with E-state index in [9.17, 15) is 0 Å². The van der Waals surface area contributed by atoms with Crippen LogP contribution < -0.4 is 5.32 Å². The molecular weight excluding hydrogens is 234 g/mol. The van der Waals surface area contributed by atoms with Crippen LogP contribution >= 0.6 is 0 Å². The number of aryl methyl sites for hydroxylation is 1. The summed E-state index contributed by atoms with van der Waals surface area (Å²) in [6.07, 6.45) is 4.04. The Morgan fingerprint density at radius 2 is 2.16 bits per heavy atom. The van der Waals surface area contributed by atoms with Crippen LogP contribution in [0.2, 0.25) is 0 Å². The smallest absolute Gasteiger partial charge is 0.123 e. The fourth-order valence-electron chi connectivity index (χ4n) is 3.28. The third kappa shape index (κ3) is 2.39. The number of nitrogens with zero attached hydrogens (tertiary/aromatic N) is 2. The first kappa shape index (κ1) is 12.7. The van der Waals surface area contributed by atoms with Crippen LogP contribution in [0.25, 0.3) is 11.0 Å². The topological polar surface area (TPSA) is 29.9 Å². The lowest BCUT2D eigenvalue weighted by Crippen LogP contribution is -2.31. The first-order valence-electron chi connectivity index (χ1n) is 7.47. The predicted octanol–water partition coefficient (Wildman–Crippen LogP) is 3.33. The number of fused-ring (bicyclic) bond motifs is 1. The molecule has 1 saturated carbocycles. The Morgan fingerprint density at radius 3 is 2.89 bits per heavy atom. The highest BCUT2D eigenvalue weighted by molar-refractivity contribution is 5.75. The molecule has 1 aromatic heterocycles. The molecule has 1 fully saturated rings. The summed E-state index contributed by atoms with van der Waals surface area (Å²) < 4.78 is 2.32. The van der Waals surface area contributed by atoms with E-state index in [0.29, 0.717) is 6.04 Å². The van der Waals surface area contributed by atoms with Crippen LogP contribution in [0.1, 0.15) is 38.9 Å². The molecule has 1 N–H and O–H groups in total. The summed E-state index contributed by atoms with van der Waals surface area (Å²) >= 11 is 0. The van der Waals surface area contributed by atoms with Crippen LogP contribution in [-0.4, -0.2) is 15.6 Å². The Morgan fingerprint density at radius 1 is 1.32 bits per heavy atom. The molecule has 19 heavy (non-hydrogen) atoms. The van der Waals surface area contributed by atoms with Crippen molar-refractivity contribution in [2.45, 2.75) is 52.2 Å². The van der Waals surface area contributed by atoms with Gasteiger partial charge in [-0.1, -0.05) is 25.5 Å². The second-order valence-corrected chi connectivity index (χ2v) is 5.66. The van der Waals surface area contributed by atoms with E-state index in [1.165, 1.54) is 30.6 Å². The second-order valence-electron chi connectivity index (χ2n) is 5.66. The molecule has 1 aromatic carbocycles. The van der Waals surface area contributed by atoms with Crippen LogP contribution in [0.15, 0.2) is 24.3 Å². The van der Waals surface area contributed by atoms with Crippen molar-refractivity contribution in [2.75, 3.05) is 0 Å². The minimum Gasteiger partial charge on any atom is -0.327 e. The van der Waals surface area contributed by atoms with Crippen molar-refractivity contribution in [3.63, 3.8) is 0 Å². The summed E-state index contributed by atoms with van der Waals surface area (Å²) in [5, 5.41) is 3.70. The monoisotopic (exact) mass is 257 g/mol.